The van der Waals surface area contributed by atoms with Gasteiger partial charge in [-0.15, -0.1) is 40.5 Å². The molecule has 9 heterocycles. The number of imide groups is 8. The van der Waals surface area contributed by atoms with Crippen molar-refractivity contribution in [2.45, 2.75) is 52.4 Å². The van der Waals surface area contributed by atoms with E-state index in [1.807, 2.05) is 62.4 Å². The van der Waals surface area contributed by atoms with Crippen LogP contribution in [0.5, 0.6) is 5.75 Å². The molecular weight excluding hydrogens is 1650 g/mol. The summed E-state index contributed by atoms with van der Waals surface area (Å²) in [6.07, 6.45) is 2.31. The average molecular weight is 1720 g/mol. The minimum atomic E-state index is -0.678. The number of carbonyl (C=O) groups excluding carboxylic acids is 16. The molecular formula is C88H75FN10O27. The summed E-state index contributed by atoms with van der Waals surface area (Å²) in [5, 5.41) is 19.7. The first kappa shape index (κ1) is 91.3. The van der Waals surface area contributed by atoms with Crippen LogP contribution in [0.25, 0.3) is 21.5 Å². The van der Waals surface area contributed by atoms with Crippen molar-refractivity contribution >= 4 is 122 Å². The van der Waals surface area contributed by atoms with Gasteiger partial charge in [-0.25, -0.2) is 4.39 Å². The van der Waals surface area contributed by atoms with Gasteiger partial charge in [-0.05, 0) is 130 Å². The molecule has 18 rings (SSSR count). The van der Waals surface area contributed by atoms with E-state index in [1.165, 1.54) is 94.5 Å². The van der Waals surface area contributed by atoms with Gasteiger partial charge in [-0.3, -0.25) is 131 Å². The molecule has 0 saturated heterocycles. The standard InChI is InChI=1S/C14H11NO3.C13H9NO3.C11H11NO4.C11H11NO3.C10H8FNO3.C10H8N2O5.C10H9NO3.C9H8N2O3/c1-8-6-9-4-3-5-10-12(9)11(7-8)14(17)15(18-2)13(10)16;1-17-14-12(15)9-6-2-4-8-5-3-7-10(11(8)9)13(14)16;1-15-8-4-3-7-5-10(13)12(16-2)11(14)9(7)6-8;1-7-3-4-8-6-10(13)12(15-2)11(14)9(8)5-7;1-15-12-9(13)4-6-2-3-7(11)5-8(6)10(12)14;1-17-11-9(13)4-6-2-3-7(12(15)16)5-8(6)10(11)14;1-14-11-9(12)6-7-4-2-3-5-8(7)10(11)13;1-14-11-7(12)5-6-3-2-4-10-8(6)9(11)13/h3-7H,1-2H3;2-7H,1H3;3-4,6H,5H2,1-2H3;3-5H,6H2,1-2H3;2-3,5H,4H2,1H3;2-3,5H,4H2,1H3;2-5H,6H2,1H3;2-4H,5H2,1H3. The van der Waals surface area contributed by atoms with Crippen molar-refractivity contribution in [3.63, 3.8) is 0 Å². The van der Waals surface area contributed by atoms with Gasteiger partial charge < -0.3 is 4.74 Å². The summed E-state index contributed by atoms with van der Waals surface area (Å²) < 4.78 is 17.9. The molecule has 126 heavy (non-hydrogen) atoms. The minimum Gasteiger partial charge on any atom is -0.497 e. The summed E-state index contributed by atoms with van der Waals surface area (Å²) in [4.78, 5) is 239. The predicted molar refractivity (Wildman–Crippen MR) is 433 cm³/mol. The number of benzene rings is 9. The molecule has 10 aromatic rings. The quantitative estimate of drug-likeness (QED) is 0.0701. The normalized spacial score (nSPS) is 15.1. The molecule has 0 aliphatic carbocycles. The molecule has 9 aromatic carbocycles. The number of nitrogens with zero attached hydrogens (tertiary/aromatic N) is 10. The van der Waals surface area contributed by atoms with Crippen LogP contribution in [0.3, 0.4) is 0 Å². The molecule has 0 spiro atoms. The number of hydroxylamine groups is 16. The predicted octanol–water partition coefficient (Wildman–Crippen LogP) is 8.70. The fraction of sp³-hybridized carbons (Fsp3) is 0.193. The van der Waals surface area contributed by atoms with E-state index in [0.29, 0.717) is 87.8 Å². The zero-order chi connectivity index (χ0) is 91.4. The second kappa shape index (κ2) is 39.6. The Bertz CT molecular complexity index is 6000. The number of non-ortho nitro benzene ring substituents is 1. The Morgan fingerprint density at radius 1 is 0.302 bits per heavy atom. The van der Waals surface area contributed by atoms with Crippen LogP contribution in [0.2, 0.25) is 0 Å². The van der Waals surface area contributed by atoms with Gasteiger partial charge in [0.05, 0.1) is 135 Å². The fourth-order valence-electron chi connectivity index (χ4n) is 14.1. The molecule has 8 aliphatic rings. The summed E-state index contributed by atoms with van der Waals surface area (Å²) in [7, 11) is 11.8. The molecule has 1 aromatic heterocycles. The lowest BCUT2D eigenvalue weighted by atomic mass is 9.93. The molecule has 0 radical (unpaired) electrons. The number of ether oxygens (including phenoxy) is 1. The number of hydrogen-bond acceptors (Lipinski definition) is 28. The molecule has 0 N–H and O–H groups in total. The number of methoxy groups -OCH3 is 1. The van der Waals surface area contributed by atoms with E-state index in [9.17, 15) is 91.2 Å². The number of pyridine rings is 1. The van der Waals surface area contributed by atoms with Crippen LogP contribution in [-0.4, -0.2) is 209 Å². The molecule has 0 bridgehead atoms. The number of hydrogen-bond donors (Lipinski definition) is 0. The van der Waals surface area contributed by atoms with Crippen LogP contribution in [0.4, 0.5) is 10.1 Å². The first-order valence-corrected chi connectivity index (χ1v) is 37.6. The molecule has 646 valence electrons. The van der Waals surface area contributed by atoms with Crippen LogP contribution in [-0.2, 0) is 106 Å². The molecule has 37 nitrogen and oxygen atoms in total. The van der Waals surface area contributed by atoms with Gasteiger partial charge in [0.15, 0.2) is 0 Å². The third-order valence-corrected chi connectivity index (χ3v) is 19.9. The maximum Gasteiger partial charge on any atom is 0.303 e. The minimum absolute atomic E-state index is 0.00704. The van der Waals surface area contributed by atoms with Crippen LogP contribution in [0.1, 0.15) is 148 Å². The third-order valence-electron chi connectivity index (χ3n) is 19.9. The summed E-state index contributed by atoms with van der Waals surface area (Å²) in [6, 6.07) is 48.5. The Morgan fingerprint density at radius 2 is 0.635 bits per heavy atom. The third kappa shape index (κ3) is 18.8. The Morgan fingerprint density at radius 3 is 1.09 bits per heavy atom. The Kier molecular flexibility index (Phi) is 28.7. The molecule has 0 unspecified atom stereocenters. The summed E-state index contributed by atoms with van der Waals surface area (Å²) in [5.41, 5.74) is 9.80. The van der Waals surface area contributed by atoms with Crippen molar-refractivity contribution < 1.29 is 129 Å². The SMILES string of the molecule is CON1C(=O)Cc2ccc(C)cc2C1=O.CON1C(=O)Cc2ccc(F)cc2C1=O.CON1C(=O)Cc2ccc([N+](=O)[O-])cc2C1=O.CON1C(=O)Cc2ccccc2C1=O.CON1C(=O)Cc2cccnc2C1=O.CON1C(=O)c2cccc3cc(C)cc(c23)C1=O.CON1C(=O)c2cccc3cccc(c23)C1=O.COc1ccc2c(c1)C(=O)N(OC)C(=O)C2. The van der Waals surface area contributed by atoms with Gasteiger partial charge in [0.2, 0.25) is 0 Å². The van der Waals surface area contributed by atoms with E-state index >= 15 is 0 Å². The number of amides is 16. The highest BCUT2D eigenvalue weighted by Gasteiger charge is 2.40. The molecule has 0 fully saturated rings. The Labute approximate surface area is 714 Å². The first-order valence-electron chi connectivity index (χ1n) is 37.6. The summed E-state index contributed by atoms with van der Waals surface area (Å²) in [5.74, 6) is -6.89. The maximum atomic E-state index is 12.9. The highest BCUT2D eigenvalue weighted by Crippen LogP contribution is 2.34. The molecule has 0 saturated carbocycles. The van der Waals surface area contributed by atoms with Gasteiger partial charge in [0, 0.05) is 51.4 Å². The van der Waals surface area contributed by atoms with Crippen LogP contribution < -0.4 is 4.74 Å². The summed E-state index contributed by atoms with van der Waals surface area (Å²) in [6.45, 7) is 3.82. The van der Waals surface area contributed by atoms with Crippen LogP contribution in [0, 0.1) is 29.8 Å². The Balaban J connectivity index is 0.000000140. The van der Waals surface area contributed by atoms with E-state index in [2.05, 4.69) is 19.5 Å². The van der Waals surface area contributed by atoms with Gasteiger partial charge in [0.25, 0.3) is 94.3 Å². The highest BCUT2D eigenvalue weighted by atomic mass is 19.1. The summed E-state index contributed by atoms with van der Waals surface area (Å²) >= 11 is 0. The lowest BCUT2D eigenvalue weighted by molar-refractivity contribution is -0.384. The first-order chi connectivity index (χ1) is 60.3. The van der Waals surface area contributed by atoms with Crippen LogP contribution in [0.15, 0.2) is 182 Å². The number of aromatic nitrogens is 1. The van der Waals surface area contributed by atoms with Gasteiger partial charge in [0.1, 0.15) is 17.3 Å². The fourth-order valence-corrected chi connectivity index (χ4v) is 14.1. The van der Waals surface area contributed by atoms with Gasteiger partial charge in [-0.2, -0.15) is 0 Å². The second-order valence-corrected chi connectivity index (χ2v) is 27.5. The number of nitro benzene ring substituents is 1. The zero-order valence-electron chi connectivity index (χ0n) is 68.9. The molecule has 0 atom stereocenters. The Hall–Kier alpha value is -15.4. The lowest BCUT2D eigenvalue weighted by Crippen LogP contribution is -2.41. The maximum absolute atomic E-state index is 12.9. The highest BCUT2D eigenvalue weighted by molar-refractivity contribution is 6.26. The van der Waals surface area contributed by atoms with Crippen molar-refractivity contribution in [1.29, 1.82) is 0 Å². The second-order valence-electron chi connectivity index (χ2n) is 27.5. The molecule has 16 amide bonds. The van der Waals surface area contributed by atoms with E-state index in [1.54, 1.807) is 91.0 Å². The van der Waals surface area contributed by atoms with E-state index < -0.39 is 69.8 Å². The number of carbonyl (C=O) groups is 16. The van der Waals surface area contributed by atoms with Gasteiger partial charge >= 0.3 is 5.91 Å². The molecule has 38 heteroatoms. The smallest absolute Gasteiger partial charge is 0.303 e. The number of fused-ring (bicyclic) bond motifs is 6. The van der Waals surface area contributed by atoms with E-state index in [4.69, 9.17) is 28.9 Å². The van der Waals surface area contributed by atoms with Crippen molar-refractivity contribution in [2.75, 3.05) is 64.0 Å². The largest absolute Gasteiger partial charge is 0.497 e. The van der Waals surface area contributed by atoms with E-state index in [0.717, 1.165) is 75.5 Å². The topological polar surface area (TPSA) is 438 Å². The molecule has 8 aliphatic heterocycles. The zero-order valence-corrected chi connectivity index (χ0v) is 68.9. The average Bonchev–Trinajstić information content (AvgIpc) is 0.744. The van der Waals surface area contributed by atoms with Crippen LogP contribution >= 0.6 is 0 Å². The number of halogens is 1. The number of nitro groups is 1. The van der Waals surface area contributed by atoms with Crippen molar-refractivity contribution in [1.82, 2.24) is 45.5 Å². The van der Waals surface area contributed by atoms with Crippen molar-refractivity contribution in [3.05, 3.63) is 298 Å². The lowest BCUT2D eigenvalue weighted by Gasteiger charge is -2.24. The number of rotatable bonds is 10. The van der Waals surface area contributed by atoms with Crippen molar-refractivity contribution in [3.8, 4) is 5.75 Å². The van der Waals surface area contributed by atoms with Crippen molar-refractivity contribution in [2.24, 2.45) is 0 Å². The van der Waals surface area contributed by atoms with E-state index in [-0.39, 0.29) is 96.5 Å². The van der Waals surface area contributed by atoms with Gasteiger partial charge in [-0.1, -0.05) is 103 Å². The number of aryl methyl sites for hydroxylation is 2. The monoisotopic (exact) mass is 1720 g/mol.